The average Bonchev–Trinajstić information content (AvgIpc) is 2.89. The number of thioether (sulfide) groups is 1. The lowest BCUT2D eigenvalue weighted by molar-refractivity contribution is -0.384. The number of rotatable bonds is 5. The standard InChI is InChI=1S/C18H13ClN2O4S/c19-14-7-6-13(10-15(14)21(24)25)11-16-17(22)20(18(23)26-16)9-8-12-4-2-1-3-5-12/h1-7,10-11H,8-9H2/b16-11-. The fraction of sp³-hybridized carbons (Fsp3) is 0.111. The van der Waals surface area contributed by atoms with Crippen molar-refractivity contribution in [2.45, 2.75) is 6.42 Å². The van der Waals surface area contributed by atoms with Crippen LogP contribution in [0.2, 0.25) is 5.02 Å². The molecule has 0 atom stereocenters. The molecule has 2 aromatic carbocycles. The van der Waals surface area contributed by atoms with Gasteiger partial charge in [0.25, 0.3) is 16.8 Å². The monoisotopic (exact) mass is 388 g/mol. The first-order valence-electron chi connectivity index (χ1n) is 7.69. The highest BCUT2D eigenvalue weighted by molar-refractivity contribution is 8.18. The molecule has 1 aliphatic heterocycles. The number of nitro benzene ring substituents is 1. The Morgan fingerprint density at radius 3 is 2.58 bits per heavy atom. The van der Waals surface area contributed by atoms with Crippen LogP contribution < -0.4 is 0 Å². The number of halogens is 1. The molecule has 0 N–H and O–H groups in total. The van der Waals surface area contributed by atoms with Crippen LogP contribution in [0.1, 0.15) is 11.1 Å². The molecule has 8 heteroatoms. The summed E-state index contributed by atoms with van der Waals surface area (Å²) in [6.07, 6.45) is 2.04. The van der Waals surface area contributed by atoms with E-state index in [0.29, 0.717) is 12.0 Å². The molecular formula is C18H13ClN2O4S. The number of benzene rings is 2. The fourth-order valence-electron chi connectivity index (χ4n) is 2.49. The van der Waals surface area contributed by atoms with E-state index in [1.54, 1.807) is 6.07 Å². The van der Waals surface area contributed by atoms with Gasteiger partial charge in [-0.25, -0.2) is 0 Å². The Morgan fingerprint density at radius 2 is 1.88 bits per heavy atom. The number of amides is 2. The molecule has 26 heavy (non-hydrogen) atoms. The lowest BCUT2D eigenvalue weighted by atomic mass is 10.1. The van der Waals surface area contributed by atoms with E-state index in [-0.39, 0.29) is 27.4 Å². The molecule has 1 saturated heterocycles. The molecular weight excluding hydrogens is 376 g/mol. The Balaban J connectivity index is 1.77. The first-order valence-corrected chi connectivity index (χ1v) is 8.88. The number of hydrogen-bond acceptors (Lipinski definition) is 5. The first-order chi connectivity index (χ1) is 12.5. The second kappa shape index (κ2) is 7.72. The van der Waals surface area contributed by atoms with Crippen molar-refractivity contribution in [2.24, 2.45) is 0 Å². The van der Waals surface area contributed by atoms with E-state index in [2.05, 4.69) is 0 Å². The summed E-state index contributed by atoms with van der Waals surface area (Å²) < 4.78 is 0. The smallest absolute Gasteiger partial charge is 0.268 e. The largest absolute Gasteiger partial charge is 0.293 e. The van der Waals surface area contributed by atoms with E-state index in [4.69, 9.17) is 11.6 Å². The van der Waals surface area contributed by atoms with E-state index in [1.165, 1.54) is 23.1 Å². The summed E-state index contributed by atoms with van der Waals surface area (Å²) in [5, 5.41) is 10.6. The third kappa shape index (κ3) is 3.95. The van der Waals surface area contributed by atoms with Gasteiger partial charge in [-0.05, 0) is 41.5 Å². The topological polar surface area (TPSA) is 80.5 Å². The average molecular weight is 389 g/mol. The molecule has 0 radical (unpaired) electrons. The molecule has 3 rings (SSSR count). The number of hydrogen-bond donors (Lipinski definition) is 0. The number of imide groups is 1. The van der Waals surface area contributed by atoms with Crippen LogP contribution in [0.25, 0.3) is 6.08 Å². The summed E-state index contributed by atoms with van der Waals surface area (Å²) in [6, 6.07) is 13.8. The molecule has 0 bridgehead atoms. The van der Waals surface area contributed by atoms with E-state index < -0.39 is 10.8 Å². The minimum absolute atomic E-state index is 0.0168. The van der Waals surface area contributed by atoms with Crippen LogP contribution in [0.4, 0.5) is 10.5 Å². The van der Waals surface area contributed by atoms with Gasteiger partial charge >= 0.3 is 0 Å². The third-order valence-corrected chi connectivity index (χ3v) is 5.03. The van der Waals surface area contributed by atoms with Crippen LogP contribution >= 0.6 is 23.4 Å². The summed E-state index contributed by atoms with van der Waals surface area (Å²) in [6.45, 7) is 0.285. The van der Waals surface area contributed by atoms with E-state index in [0.717, 1.165) is 17.3 Å². The first kappa shape index (κ1) is 18.2. The van der Waals surface area contributed by atoms with E-state index in [1.807, 2.05) is 30.3 Å². The van der Waals surface area contributed by atoms with Crippen molar-refractivity contribution < 1.29 is 14.5 Å². The molecule has 6 nitrogen and oxygen atoms in total. The summed E-state index contributed by atoms with van der Waals surface area (Å²) in [5.41, 5.74) is 1.22. The van der Waals surface area contributed by atoms with Crippen molar-refractivity contribution in [3.8, 4) is 0 Å². The zero-order valence-electron chi connectivity index (χ0n) is 13.4. The van der Waals surface area contributed by atoms with Gasteiger partial charge in [0.05, 0.1) is 9.83 Å². The van der Waals surface area contributed by atoms with Crippen LogP contribution in [0, 0.1) is 10.1 Å². The number of carbonyl (C=O) groups is 2. The predicted molar refractivity (Wildman–Crippen MR) is 101 cm³/mol. The van der Waals surface area contributed by atoms with Crippen molar-refractivity contribution in [3.63, 3.8) is 0 Å². The van der Waals surface area contributed by atoms with Crippen molar-refractivity contribution in [2.75, 3.05) is 6.54 Å². The second-order valence-corrected chi connectivity index (χ2v) is 6.94. The molecule has 2 aromatic rings. The van der Waals surface area contributed by atoms with Crippen LogP contribution in [0.5, 0.6) is 0 Å². The molecule has 1 aliphatic rings. The van der Waals surface area contributed by atoms with Gasteiger partial charge in [0, 0.05) is 12.6 Å². The Labute approximate surface area is 158 Å². The summed E-state index contributed by atoms with van der Waals surface area (Å²) in [5.74, 6) is -0.395. The highest BCUT2D eigenvalue weighted by atomic mass is 35.5. The van der Waals surface area contributed by atoms with Gasteiger partial charge in [0.15, 0.2) is 0 Å². The van der Waals surface area contributed by atoms with Crippen LogP contribution in [-0.4, -0.2) is 27.5 Å². The lowest BCUT2D eigenvalue weighted by Crippen LogP contribution is -2.30. The Bertz CT molecular complexity index is 915. The van der Waals surface area contributed by atoms with Crippen molar-refractivity contribution in [1.29, 1.82) is 0 Å². The maximum Gasteiger partial charge on any atom is 0.293 e. The molecule has 0 aromatic heterocycles. The normalized spacial score (nSPS) is 15.7. The zero-order valence-corrected chi connectivity index (χ0v) is 15.0. The SMILES string of the molecule is O=C1S/C(=C\c2ccc(Cl)c([N+](=O)[O-])c2)C(=O)N1CCc1ccccc1. The maximum atomic E-state index is 12.5. The summed E-state index contributed by atoms with van der Waals surface area (Å²) >= 11 is 6.61. The molecule has 0 unspecified atom stereocenters. The molecule has 132 valence electrons. The quantitative estimate of drug-likeness (QED) is 0.427. The Morgan fingerprint density at radius 1 is 1.15 bits per heavy atom. The van der Waals surface area contributed by atoms with E-state index >= 15 is 0 Å². The molecule has 0 aliphatic carbocycles. The predicted octanol–water partition coefficient (Wildman–Crippen LogP) is 4.53. The lowest BCUT2D eigenvalue weighted by Gasteiger charge is -2.12. The number of carbonyl (C=O) groups excluding carboxylic acids is 2. The summed E-state index contributed by atoms with van der Waals surface area (Å²) in [4.78, 5) is 36.4. The van der Waals surface area contributed by atoms with Crippen LogP contribution in [-0.2, 0) is 11.2 Å². The van der Waals surface area contributed by atoms with Crippen molar-refractivity contribution in [1.82, 2.24) is 4.90 Å². The van der Waals surface area contributed by atoms with Crippen LogP contribution in [0.3, 0.4) is 0 Å². The summed E-state index contributed by atoms with van der Waals surface area (Å²) in [7, 11) is 0. The minimum Gasteiger partial charge on any atom is -0.268 e. The molecule has 0 saturated carbocycles. The zero-order chi connectivity index (χ0) is 18.7. The van der Waals surface area contributed by atoms with Gasteiger partial charge in [0.1, 0.15) is 5.02 Å². The van der Waals surface area contributed by atoms with Gasteiger partial charge in [0.2, 0.25) is 0 Å². The van der Waals surface area contributed by atoms with Gasteiger partial charge < -0.3 is 0 Å². The Hall–Kier alpha value is -2.64. The maximum absolute atomic E-state index is 12.5. The van der Waals surface area contributed by atoms with Gasteiger partial charge in [-0.1, -0.05) is 48.0 Å². The molecule has 1 heterocycles. The highest BCUT2D eigenvalue weighted by Crippen LogP contribution is 2.33. The van der Waals surface area contributed by atoms with Crippen molar-refractivity contribution in [3.05, 3.63) is 79.7 Å². The highest BCUT2D eigenvalue weighted by Gasteiger charge is 2.34. The minimum atomic E-state index is -0.592. The molecule has 1 fully saturated rings. The van der Waals surface area contributed by atoms with Crippen molar-refractivity contribution >= 4 is 46.3 Å². The molecule has 2 amide bonds. The van der Waals surface area contributed by atoms with Gasteiger partial charge in [-0.2, -0.15) is 0 Å². The number of nitrogens with zero attached hydrogens (tertiary/aromatic N) is 2. The van der Waals surface area contributed by atoms with Gasteiger partial charge in [-0.15, -0.1) is 0 Å². The fourth-order valence-corrected chi connectivity index (χ4v) is 3.54. The Kier molecular flexibility index (Phi) is 5.39. The van der Waals surface area contributed by atoms with E-state index in [9.17, 15) is 19.7 Å². The van der Waals surface area contributed by atoms with Gasteiger partial charge in [-0.3, -0.25) is 24.6 Å². The molecule has 0 spiro atoms. The second-order valence-electron chi connectivity index (χ2n) is 5.54. The number of nitro groups is 1. The van der Waals surface area contributed by atoms with Crippen LogP contribution in [0.15, 0.2) is 53.4 Å². The third-order valence-electron chi connectivity index (χ3n) is 3.81.